The van der Waals surface area contributed by atoms with Gasteiger partial charge in [-0.25, -0.2) is 9.78 Å². The zero-order valence-electron chi connectivity index (χ0n) is 10.5. The van der Waals surface area contributed by atoms with E-state index in [0.29, 0.717) is 5.75 Å². The van der Waals surface area contributed by atoms with Crippen LogP contribution in [0.2, 0.25) is 0 Å². The van der Waals surface area contributed by atoms with Crippen molar-refractivity contribution in [2.75, 3.05) is 0 Å². The minimum Gasteiger partial charge on any atom is -0.476 e. The highest BCUT2D eigenvalue weighted by Gasteiger charge is 2.12. The Hall–Kier alpha value is -2.88. The van der Waals surface area contributed by atoms with Gasteiger partial charge in [0.05, 0.1) is 0 Å². The fourth-order valence-corrected chi connectivity index (χ4v) is 1.99. The lowest BCUT2D eigenvalue weighted by molar-refractivity contribution is 0.0687. The van der Waals surface area contributed by atoms with Crippen molar-refractivity contribution in [1.29, 1.82) is 0 Å². The van der Waals surface area contributed by atoms with Crippen LogP contribution < -0.4 is 4.74 Å². The lowest BCUT2D eigenvalue weighted by Gasteiger charge is -2.08. The molecular formula is C16H11NO3. The van der Waals surface area contributed by atoms with Crippen molar-refractivity contribution in [3.63, 3.8) is 0 Å². The second-order valence-electron chi connectivity index (χ2n) is 4.27. The van der Waals surface area contributed by atoms with Crippen LogP contribution in [0.1, 0.15) is 10.5 Å². The standard InChI is InChI=1S/C16H11NO3/c18-16(19)15-14(6-3-9-17-15)20-13-8-7-11-4-1-2-5-12(11)10-13/h1-10H,(H,18,19). The molecule has 0 radical (unpaired) electrons. The normalized spacial score (nSPS) is 10.4. The smallest absolute Gasteiger partial charge is 0.358 e. The Morgan fingerprint density at radius 3 is 2.60 bits per heavy atom. The summed E-state index contributed by atoms with van der Waals surface area (Å²) in [6.45, 7) is 0. The predicted molar refractivity (Wildman–Crippen MR) is 75.2 cm³/mol. The number of nitrogens with zero attached hydrogens (tertiary/aromatic N) is 1. The molecule has 1 heterocycles. The number of aromatic carboxylic acids is 1. The molecule has 0 saturated carbocycles. The van der Waals surface area contributed by atoms with E-state index >= 15 is 0 Å². The van der Waals surface area contributed by atoms with Gasteiger partial charge in [-0.1, -0.05) is 30.3 Å². The second-order valence-corrected chi connectivity index (χ2v) is 4.27. The number of carboxylic acids is 1. The van der Waals surface area contributed by atoms with Crippen molar-refractivity contribution in [2.24, 2.45) is 0 Å². The first-order valence-corrected chi connectivity index (χ1v) is 6.09. The SMILES string of the molecule is O=C(O)c1ncccc1Oc1ccc2ccccc2c1. The van der Waals surface area contributed by atoms with Crippen LogP contribution in [0.25, 0.3) is 10.8 Å². The quantitative estimate of drug-likeness (QED) is 0.784. The summed E-state index contributed by atoms with van der Waals surface area (Å²) in [6, 6.07) is 16.7. The van der Waals surface area contributed by atoms with E-state index in [1.54, 1.807) is 18.2 Å². The molecule has 0 unspecified atom stereocenters. The highest BCUT2D eigenvalue weighted by atomic mass is 16.5. The fourth-order valence-electron chi connectivity index (χ4n) is 1.99. The lowest BCUT2D eigenvalue weighted by atomic mass is 10.1. The lowest BCUT2D eigenvalue weighted by Crippen LogP contribution is -2.02. The highest BCUT2D eigenvalue weighted by Crippen LogP contribution is 2.27. The van der Waals surface area contributed by atoms with Gasteiger partial charge >= 0.3 is 5.97 Å². The molecule has 0 amide bonds. The van der Waals surface area contributed by atoms with Crippen LogP contribution in [0.4, 0.5) is 0 Å². The van der Waals surface area contributed by atoms with Crippen LogP contribution in [0.15, 0.2) is 60.8 Å². The number of rotatable bonds is 3. The Morgan fingerprint density at radius 2 is 1.80 bits per heavy atom. The van der Waals surface area contributed by atoms with Gasteiger partial charge in [-0.15, -0.1) is 0 Å². The van der Waals surface area contributed by atoms with Crippen molar-refractivity contribution >= 4 is 16.7 Å². The van der Waals surface area contributed by atoms with Gasteiger partial charge in [0.1, 0.15) is 5.75 Å². The van der Waals surface area contributed by atoms with Crippen LogP contribution >= 0.6 is 0 Å². The predicted octanol–water partition coefficient (Wildman–Crippen LogP) is 3.73. The number of carboxylic acid groups (broad SMARTS) is 1. The first-order valence-electron chi connectivity index (χ1n) is 6.09. The topological polar surface area (TPSA) is 59.4 Å². The molecule has 1 aromatic heterocycles. The molecule has 4 heteroatoms. The van der Waals surface area contributed by atoms with Crippen molar-refractivity contribution in [2.45, 2.75) is 0 Å². The number of pyridine rings is 1. The molecule has 4 nitrogen and oxygen atoms in total. The minimum atomic E-state index is -1.11. The molecule has 0 bridgehead atoms. The summed E-state index contributed by atoms with van der Waals surface area (Å²) < 4.78 is 5.64. The van der Waals surface area contributed by atoms with Crippen LogP contribution in [0, 0.1) is 0 Å². The number of hydrogen-bond acceptors (Lipinski definition) is 3. The van der Waals surface area contributed by atoms with Crippen molar-refractivity contribution in [3.05, 3.63) is 66.5 Å². The molecule has 0 aliphatic heterocycles. The number of aromatic nitrogens is 1. The molecule has 2 aromatic carbocycles. The maximum absolute atomic E-state index is 11.1. The van der Waals surface area contributed by atoms with E-state index in [4.69, 9.17) is 9.84 Å². The third-order valence-electron chi connectivity index (χ3n) is 2.92. The van der Waals surface area contributed by atoms with Gasteiger partial charge in [0.25, 0.3) is 0 Å². The summed E-state index contributed by atoms with van der Waals surface area (Å²) in [5.41, 5.74) is -0.0966. The van der Waals surface area contributed by atoms with Crippen LogP contribution in [0.3, 0.4) is 0 Å². The monoisotopic (exact) mass is 265 g/mol. The molecule has 0 saturated heterocycles. The Labute approximate surface area is 115 Å². The largest absolute Gasteiger partial charge is 0.476 e. The molecule has 0 atom stereocenters. The first kappa shape index (κ1) is 12.2. The van der Waals surface area contributed by atoms with E-state index in [1.807, 2.05) is 36.4 Å². The Balaban J connectivity index is 1.99. The molecule has 1 N–H and O–H groups in total. The number of ether oxygens (including phenoxy) is 1. The number of fused-ring (bicyclic) bond motifs is 1. The number of carbonyl (C=O) groups is 1. The van der Waals surface area contributed by atoms with E-state index in [9.17, 15) is 4.79 Å². The Morgan fingerprint density at radius 1 is 1.00 bits per heavy atom. The maximum Gasteiger partial charge on any atom is 0.358 e. The highest BCUT2D eigenvalue weighted by molar-refractivity contribution is 5.88. The molecule has 3 rings (SSSR count). The average Bonchev–Trinajstić information content (AvgIpc) is 2.47. The molecule has 98 valence electrons. The summed E-state index contributed by atoms with van der Waals surface area (Å²) in [6.07, 6.45) is 1.43. The van der Waals surface area contributed by atoms with Crippen molar-refractivity contribution < 1.29 is 14.6 Å². The third-order valence-corrected chi connectivity index (χ3v) is 2.92. The average molecular weight is 265 g/mol. The van der Waals surface area contributed by atoms with Gasteiger partial charge in [-0.05, 0) is 35.0 Å². The Bertz CT molecular complexity index is 783. The molecular weight excluding hydrogens is 254 g/mol. The Kier molecular flexibility index (Phi) is 3.05. The molecule has 0 fully saturated rings. The van der Waals surface area contributed by atoms with Crippen molar-refractivity contribution in [3.8, 4) is 11.5 Å². The van der Waals surface area contributed by atoms with E-state index in [-0.39, 0.29) is 11.4 Å². The van der Waals surface area contributed by atoms with Gasteiger partial charge in [0, 0.05) is 6.20 Å². The molecule has 20 heavy (non-hydrogen) atoms. The second kappa shape index (κ2) is 5.01. The van der Waals surface area contributed by atoms with E-state index in [1.165, 1.54) is 6.20 Å². The summed E-state index contributed by atoms with van der Waals surface area (Å²) in [5, 5.41) is 11.2. The molecule has 0 aliphatic carbocycles. The molecule has 3 aromatic rings. The zero-order valence-corrected chi connectivity index (χ0v) is 10.5. The van der Waals surface area contributed by atoms with Gasteiger partial charge in [0.15, 0.2) is 11.4 Å². The third kappa shape index (κ3) is 2.31. The fraction of sp³-hybridized carbons (Fsp3) is 0. The van der Waals surface area contributed by atoms with Gasteiger partial charge in [0.2, 0.25) is 0 Å². The van der Waals surface area contributed by atoms with Crippen LogP contribution in [-0.4, -0.2) is 16.1 Å². The number of benzene rings is 2. The van der Waals surface area contributed by atoms with Gasteiger partial charge in [-0.2, -0.15) is 0 Å². The summed E-state index contributed by atoms with van der Waals surface area (Å²) in [5.74, 6) is -0.295. The number of hydrogen-bond donors (Lipinski definition) is 1. The first-order chi connectivity index (χ1) is 9.74. The van der Waals surface area contributed by atoms with E-state index in [2.05, 4.69) is 4.98 Å². The van der Waals surface area contributed by atoms with Gasteiger partial charge in [-0.3, -0.25) is 0 Å². The summed E-state index contributed by atoms with van der Waals surface area (Å²) >= 11 is 0. The summed E-state index contributed by atoms with van der Waals surface area (Å²) in [4.78, 5) is 14.9. The van der Waals surface area contributed by atoms with Crippen molar-refractivity contribution in [1.82, 2.24) is 4.98 Å². The van der Waals surface area contributed by atoms with Gasteiger partial charge < -0.3 is 9.84 Å². The van der Waals surface area contributed by atoms with E-state index < -0.39 is 5.97 Å². The maximum atomic E-state index is 11.1. The minimum absolute atomic E-state index is 0.0966. The molecule has 0 aliphatic rings. The zero-order chi connectivity index (χ0) is 13.9. The summed E-state index contributed by atoms with van der Waals surface area (Å²) in [7, 11) is 0. The molecule has 0 spiro atoms. The van der Waals surface area contributed by atoms with E-state index in [0.717, 1.165) is 10.8 Å². The van der Waals surface area contributed by atoms with Crippen LogP contribution in [0.5, 0.6) is 11.5 Å². The van der Waals surface area contributed by atoms with Crippen LogP contribution in [-0.2, 0) is 0 Å².